The molecule has 0 radical (unpaired) electrons. The number of aliphatic hydroxyl groups is 1. The Kier molecular flexibility index (Phi) is 6.37. The molecule has 0 amide bonds. The number of ether oxygens (including phenoxy) is 1. The molecule has 2 rings (SSSR count). The fourth-order valence-corrected chi connectivity index (χ4v) is 4.15. The summed E-state index contributed by atoms with van der Waals surface area (Å²) in [6.07, 6.45) is 2.39. The van der Waals surface area contributed by atoms with E-state index in [-0.39, 0.29) is 11.9 Å². The van der Waals surface area contributed by atoms with Gasteiger partial charge in [-0.05, 0) is 31.9 Å². The zero-order valence-corrected chi connectivity index (χ0v) is 14.3. The van der Waals surface area contributed by atoms with E-state index in [1.165, 1.54) is 7.11 Å². The van der Waals surface area contributed by atoms with Crippen LogP contribution in [0.5, 0.6) is 0 Å². The Hall–Kier alpha value is -0.950. The lowest BCUT2D eigenvalue weighted by atomic mass is 9.97. The molecule has 0 aromatic rings. The second-order valence-corrected chi connectivity index (χ2v) is 7.09. The Morgan fingerprint density at radius 3 is 2.77 bits per heavy atom. The molecule has 0 aromatic heterocycles. The molecule has 2 aliphatic heterocycles. The van der Waals surface area contributed by atoms with Gasteiger partial charge in [0.15, 0.2) is 5.96 Å². The van der Waals surface area contributed by atoms with Crippen molar-refractivity contribution in [3.63, 3.8) is 0 Å². The summed E-state index contributed by atoms with van der Waals surface area (Å²) in [5.41, 5.74) is -0.657. The number of esters is 1. The van der Waals surface area contributed by atoms with Crippen LogP contribution in [0.15, 0.2) is 4.99 Å². The molecule has 1 atom stereocenters. The fourth-order valence-electron chi connectivity index (χ4n) is 2.86. The monoisotopic (exact) mass is 329 g/mol. The van der Waals surface area contributed by atoms with E-state index in [1.54, 1.807) is 11.8 Å². The van der Waals surface area contributed by atoms with Crippen LogP contribution in [-0.2, 0) is 9.53 Å². The first-order valence-electron chi connectivity index (χ1n) is 7.99. The van der Waals surface area contributed by atoms with Crippen molar-refractivity contribution in [2.24, 2.45) is 10.9 Å². The van der Waals surface area contributed by atoms with Crippen molar-refractivity contribution < 1.29 is 14.6 Å². The highest BCUT2D eigenvalue weighted by molar-refractivity contribution is 7.99. The minimum Gasteiger partial charge on any atom is -0.469 e. The third-order valence-electron chi connectivity index (χ3n) is 4.27. The molecule has 0 aliphatic carbocycles. The van der Waals surface area contributed by atoms with Crippen molar-refractivity contribution in [2.45, 2.75) is 31.8 Å². The first-order valence-corrected chi connectivity index (χ1v) is 9.14. The molecule has 2 fully saturated rings. The highest BCUT2D eigenvalue weighted by atomic mass is 32.2. The van der Waals surface area contributed by atoms with Crippen molar-refractivity contribution in [3.8, 4) is 0 Å². The Labute approximate surface area is 136 Å². The summed E-state index contributed by atoms with van der Waals surface area (Å²) in [7, 11) is 1.44. The SMILES string of the molecule is CCNC(=NCC1(O)CCSC1)N1CCC(C(=O)OC)CC1. The lowest BCUT2D eigenvalue weighted by Crippen LogP contribution is -2.47. The molecule has 0 aromatic carbocycles. The topological polar surface area (TPSA) is 74.2 Å². The minimum absolute atomic E-state index is 0.000423. The molecular formula is C15H27N3O3S. The molecule has 0 spiro atoms. The van der Waals surface area contributed by atoms with Crippen LogP contribution in [0.1, 0.15) is 26.2 Å². The summed E-state index contributed by atoms with van der Waals surface area (Å²) < 4.78 is 4.82. The van der Waals surface area contributed by atoms with E-state index in [0.717, 1.165) is 56.4 Å². The van der Waals surface area contributed by atoms with Crippen LogP contribution in [0.25, 0.3) is 0 Å². The predicted octanol–water partition coefficient (Wildman–Crippen LogP) is 0.705. The molecule has 2 N–H and O–H groups in total. The third kappa shape index (κ3) is 4.52. The minimum atomic E-state index is -0.657. The Balaban J connectivity index is 1.92. The molecule has 126 valence electrons. The van der Waals surface area contributed by atoms with Gasteiger partial charge in [0.05, 0.1) is 25.2 Å². The number of rotatable bonds is 4. The standard InChI is InChI=1S/C15H27N3O3S/c1-3-16-14(17-10-15(20)6-9-22-11-15)18-7-4-12(5-8-18)13(19)21-2/h12,20H,3-11H2,1-2H3,(H,16,17). The summed E-state index contributed by atoms with van der Waals surface area (Å²) in [5, 5.41) is 13.7. The number of carbonyl (C=O) groups is 1. The molecule has 2 saturated heterocycles. The van der Waals surface area contributed by atoms with Crippen LogP contribution in [0.2, 0.25) is 0 Å². The van der Waals surface area contributed by atoms with E-state index in [0.29, 0.717) is 6.54 Å². The van der Waals surface area contributed by atoms with Gasteiger partial charge in [0.2, 0.25) is 0 Å². The Bertz CT molecular complexity index is 403. The average molecular weight is 329 g/mol. The van der Waals surface area contributed by atoms with Crippen molar-refractivity contribution in [1.82, 2.24) is 10.2 Å². The summed E-state index contributed by atoms with van der Waals surface area (Å²) >= 11 is 1.78. The summed E-state index contributed by atoms with van der Waals surface area (Å²) in [6.45, 7) is 4.86. The van der Waals surface area contributed by atoms with Gasteiger partial charge < -0.3 is 20.1 Å². The number of methoxy groups -OCH3 is 1. The van der Waals surface area contributed by atoms with Crippen LogP contribution in [-0.4, -0.2) is 72.3 Å². The number of hydrogen-bond acceptors (Lipinski definition) is 5. The van der Waals surface area contributed by atoms with Crippen molar-refractivity contribution >= 4 is 23.7 Å². The highest BCUT2D eigenvalue weighted by Gasteiger charge is 2.32. The number of piperidine rings is 1. The molecule has 22 heavy (non-hydrogen) atoms. The highest BCUT2D eigenvalue weighted by Crippen LogP contribution is 2.28. The fraction of sp³-hybridized carbons (Fsp3) is 0.867. The molecule has 6 nitrogen and oxygen atoms in total. The number of guanidine groups is 1. The maximum absolute atomic E-state index is 11.6. The number of nitrogens with one attached hydrogen (secondary N) is 1. The first-order chi connectivity index (χ1) is 10.6. The second-order valence-electron chi connectivity index (χ2n) is 5.98. The number of thioether (sulfide) groups is 1. The Morgan fingerprint density at radius 1 is 1.50 bits per heavy atom. The zero-order valence-electron chi connectivity index (χ0n) is 13.5. The Morgan fingerprint density at radius 2 is 2.23 bits per heavy atom. The molecule has 0 saturated carbocycles. The van der Waals surface area contributed by atoms with Crippen LogP contribution in [0.4, 0.5) is 0 Å². The summed E-state index contributed by atoms with van der Waals surface area (Å²) in [5.74, 6) is 2.50. The van der Waals surface area contributed by atoms with E-state index in [2.05, 4.69) is 15.2 Å². The molecule has 2 aliphatic rings. The number of aliphatic imine (C=N–C) groups is 1. The van der Waals surface area contributed by atoms with Crippen LogP contribution >= 0.6 is 11.8 Å². The first kappa shape index (κ1) is 17.4. The zero-order chi connectivity index (χ0) is 16.0. The maximum atomic E-state index is 11.6. The number of hydrogen-bond donors (Lipinski definition) is 2. The van der Waals surface area contributed by atoms with Gasteiger partial charge in [-0.3, -0.25) is 9.79 Å². The normalized spacial score (nSPS) is 27.0. The third-order valence-corrected chi connectivity index (χ3v) is 5.50. The van der Waals surface area contributed by atoms with Gasteiger partial charge in [-0.15, -0.1) is 0 Å². The number of likely N-dealkylation sites (tertiary alicyclic amines) is 1. The average Bonchev–Trinajstić information content (AvgIpc) is 2.98. The second kappa shape index (κ2) is 8.06. The summed E-state index contributed by atoms with van der Waals surface area (Å²) in [4.78, 5) is 18.4. The van der Waals surface area contributed by atoms with Gasteiger partial charge in [0, 0.05) is 25.4 Å². The molecule has 0 bridgehead atoms. The van der Waals surface area contributed by atoms with Crippen LogP contribution in [0, 0.1) is 5.92 Å². The largest absolute Gasteiger partial charge is 0.469 e. The quantitative estimate of drug-likeness (QED) is 0.449. The smallest absolute Gasteiger partial charge is 0.308 e. The molecule has 2 heterocycles. The van der Waals surface area contributed by atoms with Crippen molar-refractivity contribution in [1.29, 1.82) is 0 Å². The lowest BCUT2D eigenvalue weighted by Gasteiger charge is -2.33. The van der Waals surface area contributed by atoms with E-state index >= 15 is 0 Å². The van der Waals surface area contributed by atoms with E-state index in [9.17, 15) is 9.90 Å². The van der Waals surface area contributed by atoms with Gasteiger partial charge >= 0.3 is 5.97 Å². The predicted molar refractivity (Wildman–Crippen MR) is 89.2 cm³/mol. The van der Waals surface area contributed by atoms with Crippen LogP contribution < -0.4 is 5.32 Å². The van der Waals surface area contributed by atoms with E-state index in [4.69, 9.17) is 4.74 Å². The van der Waals surface area contributed by atoms with E-state index in [1.807, 2.05) is 6.92 Å². The maximum Gasteiger partial charge on any atom is 0.308 e. The van der Waals surface area contributed by atoms with Gasteiger partial charge in [-0.25, -0.2) is 0 Å². The van der Waals surface area contributed by atoms with Crippen LogP contribution in [0.3, 0.4) is 0 Å². The van der Waals surface area contributed by atoms with E-state index < -0.39 is 5.60 Å². The number of carbonyl (C=O) groups excluding carboxylic acids is 1. The van der Waals surface area contributed by atoms with Crippen molar-refractivity contribution in [3.05, 3.63) is 0 Å². The lowest BCUT2D eigenvalue weighted by molar-refractivity contribution is -0.146. The van der Waals surface area contributed by atoms with Gasteiger partial charge in [0.1, 0.15) is 0 Å². The molecule has 1 unspecified atom stereocenters. The number of nitrogens with zero attached hydrogens (tertiary/aromatic N) is 2. The summed E-state index contributed by atoms with van der Waals surface area (Å²) in [6, 6.07) is 0. The van der Waals surface area contributed by atoms with Gasteiger partial charge in [0.25, 0.3) is 0 Å². The van der Waals surface area contributed by atoms with Gasteiger partial charge in [-0.2, -0.15) is 11.8 Å². The molecule has 7 heteroatoms. The van der Waals surface area contributed by atoms with Crippen molar-refractivity contribution in [2.75, 3.05) is 44.8 Å². The molecular weight excluding hydrogens is 302 g/mol. The van der Waals surface area contributed by atoms with Gasteiger partial charge in [-0.1, -0.05) is 0 Å².